The van der Waals surface area contributed by atoms with Gasteiger partial charge in [-0.05, 0) is 37.0 Å². The van der Waals surface area contributed by atoms with Crippen LogP contribution in [0.3, 0.4) is 0 Å². The van der Waals surface area contributed by atoms with Crippen molar-refractivity contribution in [1.29, 1.82) is 0 Å². The Morgan fingerprint density at radius 3 is 2.52 bits per heavy atom. The maximum Gasteiger partial charge on any atom is 0.237 e. The number of rotatable bonds is 6. The van der Waals surface area contributed by atoms with Crippen LogP contribution in [0.2, 0.25) is 5.02 Å². The highest BCUT2D eigenvalue weighted by Gasteiger charge is 2.35. The molecule has 0 aromatic heterocycles. The maximum atomic E-state index is 13.1. The van der Waals surface area contributed by atoms with Crippen LogP contribution in [0, 0.1) is 12.8 Å². The average Bonchev–Trinajstić information content (AvgIpc) is 3.02. The zero-order valence-electron chi connectivity index (χ0n) is 17.6. The summed E-state index contributed by atoms with van der Waals surface area (Å²) < 4.78 is 23.8. The molecular formula is C21H32ClN3O3S. The number of carbonyl (C=O) groups excluding carboxylic acids is 1. The van der Waals surface area contributed by atoms with E-state index in [4.69, 9.17) is 11.6 Å². The fourth-order valence-electron chi connectivity index (χ4n) is 4.22. The van der Waals surface area contributed by atoms with Crippen LogP contribution in [-0.4, -0.2) is 80.9 Å². The normalized spacial score (nSPS) is 22.2. The number of piperazine rings is 1. The van der Waals surface area contributed by atoms with Gasteiger partial charge in [-0.1, -0.05) is 31.5 Å². The van der Waals surface area contributed by atoms with Crippen molar-refractivity contribution in [2.75, 3.05) is 55.7 Å². The third-order valence-electron chi connectivity index (χ3n) is 5.77. The highest BCUT2D eigenvalue weighted by atomic mass is 35.5. The van der Waals surface area contributed by atoms with Gasteiger partial charge in [0.05, 0.1) is 18.1 Å². The monoisotopic (exact) mass is 441 g/mol. The molecule has 1 aromatic carbocycles. The van der Waals surface area contributed by atoms with E-state index in [1.165, 1.54) is 5.56 Å². The Morgan fingerprint density at radius 2 is 1.93 bits per heavy atom. The standard InChI is InChI=1S/C21H32ClN3O3S/c1-16(2)13-25(19-6-11-29(27,28)15-19)21(26)14-23-7-9-24(10-8-23)20-12-18(22)5-4-17(20)3/h4-5,12,16,19H,6-11,13-15H2,1-3H3/t19-/m0/s1. The summed E-state index contributed by atoms with van der Waals surface area (Å²) in [7, 11) is -3.01. The van der Waals surface area contributed by atoms with E-state index in [1.807, 2.05) is 23.1 Å². The predicted octanol–water partition coefficient (Wildman–Crippen LogP) is 2.44. The van der Waals surface area contributed by atoms with E-state index < -0.39 is 9.84 Å². The van der Waals surface area contributed by atoms with E-state index in [0.717, 1.165) is 36.9 Å². The van der Waals surface area contributed by atoms with Gasteiger partial charge in [0.15, 0.2) is 9.84 Å². The highest BCUT2D eigenvalue weighted by Crippen LogP contribution is 2.25. The molecule has 3 rings (SSSR count). The highest BCUT2D eigenvalue weighted by molar-refractivity contribution is 7.91. The van der Waals surface area contributed by atoms with E-state index in [1.54, 1.807) is 0 Å². The number of amides is 1. The van der Waals surface area contributed by atoms with Crippen LogP contribution in [0.4, 0.5) is 5.69 Å². The molecule has 162 valence electrons. The first-order chi connectivity index (χ1) is 13.6. The van der Waals surface area contributed by atoms with Gasteiger partial charge in [0.1, 0.15) is 0 Å². The number of nitrogens with zero attached hydrogens (tertiary/aromatic N) is 3. The summed E-state index contributed by atoms with van der Waals surface area (Å²) in [4.78, 5) is 19.4. The van der Waals surface area contributed by atoms with Crippen LogP contribution in [0.5, 0.6) is 0 Å². The fourth-order valence-corrected chi connectivity index (χ4v) is 6.12. The average molecular weight is 442 g/mol. The Kier molecular flexibility index (Phi) is 7.12. The summed E-state index contributed by atoms with van der Waals surface area (Å²) >= 11 is 6.16. The first-order valence-electron chi connectivity index (χ1n) is 10.4. The van der Waals surface area contributed by atoms with E-state index >= 15 is 0 Å². The van der Waals surface area contributed by atoms with Crippen molar-refractivity contribution in [3.63, 3.8) is 0 Å². The summed E-state index contributed by atoms with van der Waals surface area (Å²) in [5.41, 5.74) is 2.35. The van der Waals surface area contributed by atoms with Crippen molar-refractivity contribution < 1.29 is 13.2 Å². The summed E-state index contributed by atoms with van der Waals surface area (Å²) in [6.07, 6.45) is 0.558. The minimum atomic E-state index is -3.01. The SMILES string of the molecule is Cc1ccc(Cl)cc1N1CCN(CC(=O)N(CC(C)C)[C@H]2CCS(=O)(=O)C2)CC1. The second-order valence-corrected chi connectivity index (χ2v) is 11.4. The van der Waals surface area contributed by atoms with Gasteiger partial charge in [0.25, 0.3) is 0 Å². The molecule has 2 aliphatic heterocycles. The second kappa shape index (κ2) is 9.23. The number of carbonyl (C=O) groups is 1. The minimum Gasteiger partial charge on any atom is -0.369 e. The van der Waals surface area contributed by atoms with Crippen LogP contribution in [-0.2, 0) is 14.6 Å². The number of anilines is 1. The second-order valence-electron chi connectivity index (χ2n) is 8.69. The molecule has 0 aliphatic carbocycles. The largest absolute Gasteiger partial charge is 0.369 e. The van der Waals surface area contributed by atoms with Crippen molar-refractivity contribution in [3.8, 4) is 0 Å². The zero-order valence-corrected chi connectivity index (χ0v) is 19.2. The van der Waals surface area contributed by atoms with Crippen LogP contribution in [0.15, 0.2) is 18.2 Å². The quantitative estimate of drug-likeness (QED) is 0.678. The zero-order chi connectivity index (χ0) is 21.2. The molecule has 0 bridgehead atoms. The van der Waals surface area contributed by atoms with Crippen LogP contribution >= 0.6 is 11.6 Å². The molecule has 0 spiro atoms. The Bertz CT molecular complexity index is 836. The molecule has 0 saturated carbocycles. The number of benzene rings is 1. The fraction of sp³-hybridized carbons (Fsp3) is 0.667. The number of hydrogen-bond donors (Lipinski definition) is 0. The number of sulfone groups is 1. The third-order valence-corrected chi connectivity index (χ3v) is 7.76. The van der Waals surface area contributed by atoms with Gasteiger partial charge in [-0.3, -0.25) is 9.69 Å². The van der Waals surface area contributed by atoms with Crippen molar-refractivity contribution in [2.24, 2.45) is 5.92 Å². The molecule has 1 aromatic rings. The van der Waals surface area contributed by atoms with E-state index in [0.29, 0.717) is 25.4 Å². The topological polar surface area (TPSA) is 60.9 Å². The maximum absolute atomic E-state index is 13.1. The van der Waals surface area contributed by atoms with Gasteiger partial charge < -0.3 is 9.80 Å². The van der Waals surface area contributed by atoms with Crippen LogP contribution < -0.4 is 4.90 Å². The van der Waals surface area contributed by atoms with Gasteiger partial charge in [-0.15, -0.1) is 0 Å². The van der Waals surface area contributed by atoms with Gasteiger partial charge in [0, 0.05) is 49.5 Å². The molecule has 2 heterocycles. The third kappa shape index (κ3) is 5.86. The number of halogens is 1. The predicted molar refractivity (Wildman–Crippen MR) is 118 cm³/mol. The van der Waals surface area contributed by atoms with Gasteiger partial charge in [0.2, 0.25) is 5.91 Å². The summed E-state index contributed by atoms with van der Waals surface area (Å²) in [6, 6.07) is 5.77. The minimum absolute atomic E-state index is 0.0492. The summed E-state index contributed by atoms with van der Waals surface area (Å²) in [5.74, 6) is 0.655. The van der Waals surface area contributed by atoms with Gasteiger partial charge in [-0.2, -0.15) is 0 Å². The first kappa shape index (κ1) is 22.4. The van der Waals surface area contributed by atoms with Gasteiger partial charge >= 0.3 is 0 Å². The molecule has 2 fully saturated rings. The molecule has 29 heavy (non-hydrogen) atoms. The molecule has 0 N–H and O–H groups in total. The number of aryl methyl sites for hydroxylation is 1. The van der Waals surface area contributed by atoms with Crippen molar-refractivity contribution in [1.82, 2.24) is 9.80 Å². The van der Waals surface area contributed by atoms with Gasteiger partial charge in [-0.25, -0.2) is 8.42 Å². The molecule has 1 atom stereocenters. The van der Waals surface area contributed by atoms with E-state index in [9.17, 15) is 13.2 Å². The Morgan fingerprint density at radius 1 is 1.24 bits per heavy atom. The van der Waals surface area contributed by atoms with Crippen molar-refractivity contribution in [3.05, 3.63) is 28.8 Å². The van der Waals surface area contributed by atoms with E-state index in [-0.39, 0.29) is 23.5 Å². The smallest absolute Gasteiger partial charge is 0.237 e. The van der Waals surface area contributed by atoms with E-state index in [2.05, 4.69) is 30.6 Å². The lowest BCUT2D eigenvalue weighted by atomic mass is 10.1. The lowest BCUT2D eigenvalue weighted by Gasteiger charge is -2.38. The molecule has 1 amide bonds. The van der Waals surface area contributed by atoms with Crippen LogP contribution in [0.25, 0.3) is 0 Å². The van der Waals surface area contributed by atoms with Crippen molar-refractivity contribution in [2.45, 2.75) is 33.2 Å². The lowest BCUT2D eigenvalue weighted by molar-refractivity contribution is -0.135. The molecule has 0 unspecified atom stereocenters. The van der Waals surface area contributed by atoms with Crippen molar-refractivity contribution >= 4 is 33.0 Å². The molecule has 2 aliphatic rings. The Hall–Kier alpha value is -1.31. The molecule has 6 nitrogen and oxygen atoms in total. The number of hydrogen-bond acceptors (Lipinski definition) is 5. The molecule has 0 radical (unpaired) electrons. The summed E-state index contributed by atoms with van der Waals surface area (Å²) in [6.45, 7) is 10.5. The Labute approximate surface area is 179 Å². The molecule has 2 saturated heterocycles. The Balaban J connectivity index is 1.59. The lowest BCUT2D eigenvalue weighted by Crippen LogP contribution is -2.52. The molecular weight excluding hydrogens is 410 g/mol. The van der Waals surface area contributed by atoms with Crippen LogP contribution in [0.1, 0.15) is 25.8 Å². The molecule has 8 heteroatoms. The summed E-state index contributed by atoms with van der Waals surface area (Å²) in [5, 5.41) is 0.735. The first-order valence-corrected chi connectivity index (χ1v) is 12.6.